The molecule has 0 radical (unpaired) electrons. The Kier molecular flexibility index (Phi) is 6.49. The molecule has 0 aromatic heterocycles. The van der Waals surface area contributed by atoms with Gasteiger partial charge in [0.1, 0.15) is 5.75 Å². The van der Waals surface area contributed by atoms with Gasteiger partial charge < -0.3 is 14.6 Å². The Morgan fingerprint density at radius 1 is 1.40 bits per heavy atom. The molecule has 0 amide bonds. The zero-order chi connectivity index (χ0) is 15.3. The second-order valence-corrected chi connectivity index (χ2v) is 5.72. The monoisotopic (exact) mass is 344 g/mol. The summed E-state index contributed by atoms with van der Waals surface area (Å²) in [6.07, 6.45) is -0.906. The van der Waals surface area contributed by atoms with Gasteiger partial charge in [-0.1, -0.05) is 19.9 Å². The molecule has 1 aromatic rings. The highest BCUT2D eigenvalue weighted by Gasteiger charge is 2.32. The predicted molar refractivity (Wildman–Crippen MR) is 80.6 cm³/mol. The Morgan fingerprint density at radius 3 is 2.50 bits per heavy atom. The number of methoxy groups -OCH3 is 1. The van der Waals surface area contributed by atoms with E-state index >= 15 is 0 Å². The summed E-state index contributed by atoms with van der Waals surface area (Å²) in [6, 6.07) is 5.27. The summed E-state index contributed by atoms with van der Waals surface area (Å²) in [6.45, 7) is 5.85. The minimum Gasteiger partial charge on any atom is -0.496 e. The quantitative estimate of drug-likeness (QED) is 0.804. The van der Waals surface area contributed by atoms with Crippen LogP contribution in [0.15, 0.2) is 22.7 Å². The van der Waals surface area contributed by atoms with Gasteiger partial charge in [0.2, 0.25) is 0 Å². The van der Waals surface area contributed by atoms with Crippen molar-refractivity contribution in [3.8, 4) is 5.75 Å². The molecule has 4 nitrogen and oxygen atoms in total. The lowest BCUT2D eigenvalue weighted by molar-refractivity contribution is -0.154. The number of rotatable bonds is 6. The van der Waals surface area contributed by atoms with E-state index in [1.54, 1.807) is 32.2 Å². The molecule has 0 saturated heterocycles. The van der Waals surface area contributed by atoms with Crippen LogP contribution in [0.25, 0.3) is 0 Å². The van der Waals surface area contributed by atoms with Gasteiger partial charge >= 0.3 is 5.97 Å². The third-order valence-corrected chi connectivity index (χ3v) is 3.75. The molecule has 2 atom stereocenters. The molecule has 2 unspecified atom stereocenters. The Labute approximate surface area is 128 Å². The first-order chi connectivity index (χ1) is 9.42. The Hall–Kier alpha value is -1.07. The Morgan fingerprint density at radius 2 is 2.05 bits per heavy atom. The lowest BCUT2D eigenvalue weighted by Crippen LogP contribution is -2.29. The van der Waals surface area contributed by atoms with Crippen LogP contribution in [0.2, 0.25) is 0 Å². The summed E-state index contributed by atoms with van der Waals surface area (Å²) in [4.78, 5) is 12.0. The maximum atomic E-state index is 12.0. The minimum atomic E-state index is -0.906. The van der Waals surface area contributed by atoms with Crippen LogP contribution in [0, 0.1) is 11.8 Å². The highest BCUT2D eigenvalue weighted by Crippen LogP contribution is 2.33. The highest BCUT2D eigenvalue weighted by molar-refractivity contribution is 9.10. The van der Waals surface area contributed by atoms with E-state index in [0.717, 1.165) is 4.47 Å². The molecule has 0 aliphatic heterocycles. The standard InChI is InChI=1S/C15H21BrO4/c1-5-20-15(18)13(9(2)3)14(17)10-6-7-12(19-4)11(16)8-10/h6-9,13-14,17H,5H2,1-4H3. The van der Waals surface area contributed by atoms with Gasteiger partial charge in [0.15, 0.2) is 0 Å². The number of carbonyl (C=O) groups excluding carboxylic acids is 1. The van der Waals surface area contributed by atoms with Gasteiger partial charge in [-0.05, 0) is 46.5 Å². The molecule has 0 fully saturated rings. The molecule has 1 N–H and O–H groups in total. The van der Waals surface area contributed by atoms with Crippen molar-refractivity contribution >= 4 is 21.9 Å². The van der Waals surface area contributed by atoms with Crippen LogP contribution in [0.5, 0.6) is 5.75 Å². The topological polar surface area (TPSA) is 55.8 Å². The average Bonchev–Trinajstić information content (AvgIpc) is 2.38. The third kappa shape index (κ3) is 3.96. The Bertz CT molecular complexity index is 459. The van der Waals surface area contributed by atoms with Crippen molar-refractivity contribution in [2.45, 2.75) is 26.9 Å². The van der Waals surface area contributed by atoms with Gasteiger partial charge in [0, 0.05) is 0 Å². The first kappa shape index (κ1) is 17.0. The number of esters is 1. The van der Waals surface area contributed by atoms with Gasteiger partial charge in [0.05, 0.1) is 30.2 Å². The largest absolute Gasteiger partial charge is 0.496 e. The van der Waals surface area contributed by atoms with Gasteiger partial charge in [0.25, 0.3) is 0 Å². The van der Waals surface area contributed by atoms with Crippen LogP contribution in [0.4, 0.5) is 0 Å². The molecular formula is C15H21BrO4. The van der Waals surface area contributed by atoms with Crippen molar-refractivity contribution in [2.24, 2.45) is 11.8 Å². The van der Waals surface area contributed by atoms with Gasteiger partial charge in [-0.25, -0.2) is 0 Å². The van der Waals surface area contributed by atoms with E-state index in [-0.39, 0.29) is 11.9 Å². The zero-order valence-corrected chi connectivity index (χ0v) is 13.8. The summed E-state index contributed by atoms with van der Waals surface area (Å²) in [7, 11) is 1.58. The van der Waals surface area contributed by atoms with E-state index in [4.69, 9.17) is 9.47 Å². The highest BCUT2D eigenvalue weighted by atomic mass is 79.9. The fourth-order valence-electron chi connectivity index (χ4n) is 2.08. The normalized spacial score (nSPS) is 13.9. The molecule has 1 rings (SSSR count). The van der Waals surface area contributed by atoms with Crippen molar-refractivity contribution in [1.82, 2.24) is 0 Å². The van der Waals surface area contributed by atoms with Crippen LogP contribution >= 0.6 is 15.9 Å². The molecular weight excluding hydrogens is 324 g/mol. The van der Waals surface area contributed by atoms with E-state index in [2.05, 4.69) is 15.9 Å². The van der Waals surface area contributed by atoms with E-state index in [1.807, 2.05) is 13.8 Å². The molecule has 0 spiro atoms. The lowest BCUT2D eigenvalue weighted by atomic mass is 9.86. The predicted octanol–water partition coefficient (Wildman–Crippen LogP) is 3.33. The van der Waals surface area contributed by atoms with E-state index in [1.165, 1.54) is 0 Å². The van der Waals surface area contributed by atoms with Crippen LogP contribution in [-0.2, 0) is 9.53 Å². The van der Waals surface area contributed by atoms with Crippen LogP contribution in [0.3, 0.4) is 0 Å². The fourth-order valence-corrected chi connectivity index (χ4v) is 2.64. The molecule has 0 aliphatic rings. The van der Waals surface area contributed by atoms with Gasteiger partial charge in [-0.3, -0.25) is 4.79 Å². The van der Waals surface area contributed by atoms with E-state index in [9.17, 15) is 9.90 Å². The molecule has 0 saturated carbocycles. The van der Waals surface area contributed by atoms with Crippen molar-refractivity contribution in [1.29, 1.82) is 0 Å². The van der Waals surface area contributed by atoms with Crippen molar-refractivity contribution < 1.29 is 19.4 Å². The molecule has 0 heterocycles. The van der Waals surface area contributed by atoms with Crippen molar-refractivity contribution in [3.63, 3.8) is 0 Å². The maximum absolute atomic E-state index is 12.0. The van der Waals surface area contributed by atoms with Crippen LogP contribution in [-0.4, -0.2) is 24.8 Å². The fraction of sp³-hybridized carbons (Fsp3) is 0.533. The van der Waals surface area contributed by atoms with E-state index < -0.39 is 12.0 Å². The lowest BCUT2D eigenvalue weighted by Gasteiger charge is -2.25. The number of ether oxygens (including phenoxy) is 2. The zero-order valence-electron chi connectivity index (χ0n) is 12.2. The van der Waals surface area contributed by atoms with Gasteiger partial charge in [-0.2, -0.15) is 0 Å². The molecule has 5 heteroatoms. The summed E-state index contributed by atoms with van der Waals surface area (Å²) in [5, 5.41) is 10.5. The van der Waals surface area contributed by atoms with Crippen molar-refractivity contribution in [3.05, 3.63) is 28.2 Å². The average molecular weight is 345 g/mol. The van der Waals surface area contributed by atoms with Crippen LogP contribution in [0.1, 0.15) is 32.4 Å². The third-order valence-electron chi connectivity index (χ3n) is 3.13. The molecule has 0 bridgehead atoms. The summed E-state index contributed by atoms with van der Waals surface area (Å²) in [5.41, 5.74) is 0.657. The second-order valence-electron chi connectivity index (χ2n) is 4.86. The number of hydrogen-bond donors (Lipinski definition) is 1. The summed E-state index contributed by atoms with van der Waals surface area (Å²) >= 11 is 3.38. The molecule has 1 aromatic carbocycles. The minimum absolute atomic E-state index is 0.0232. The summed E-state index contributed by atoms with van der Waals surface area (Å²) in [5.74, 6) is -0.305. The van der Waals surface area contributed by atoms with Crippen molar-refractivity contribution in [2.75, 3.05) is 13.7 Å². The van der Waals surface area contributed by atoms with Gasteiger partial charge in [-0.15, -0.1) is 0 Å². The molecule has 112 valence electrons. The first-order valence-corrected chi connectivity index (χ1v) is 7.39. The first-order valence-electron chi connectivity index (χ1n) is 6.60. The second kappa shape index (κ2) is 7.64. The SMILES string of the molecule is CCOC(=O)C(C(C)C)C(O)c1ccc(OC)c(Br)c1. The number of aliphatic hydroxyl groups excluding tert-OH is 1. The number of hydrogen-bond acceptors (Lipinski definition) is 4. The Balaban J connectivity index is 3.03. The molecule has 20 heavy (non-hydrogen) atoms. The summed E-state index contributed by atoms with van der Waals surface area (Å²) < 4.78 is 10.9. The molecule has 0 aliphatic carbocycles. The number of benzene rings is 1. The van der Waals surface area contributed by atoms with Crippen LogP contribution < -0.4 is 4.74 Å². The van der Waals surface area contributed by atoms with E-state index in [0.29, 0.717) is 17.9 Å². The smallest absolute Gasteiger partial charge is 0.312 e. The number of halogens is 1. The number of carbonyl (C=O) groups is 1. The maximum Gasteiger partial charge on any atom is 0.312 e. The number of aliphatic hydroxyl groups is 1.